The Labute approximate surface area is 116 Å². The molecular weight excluding hydrogens is 234 g/mol. The molecule has 0 radical (unpaired) electrons. The molecule has 0 aliphatic carbocycles. The standard InChI is InChI=1S/C17H25NO/c1-3-5-6-7-8-14-9-11-16(12-10-14)18-15(4-2)13-17(18)19/h9-12,15H,3-8,13H2,1-2H3/t15-/m0/s1. The molecule has 19 heavy (non-hydrogen) atoms. The van der Waals surface area contributed by atoms with Gasteiger partial charge in [-0.2, -0.15) is 0 Å². The fraction of sp³-hybridized carbons (Fsp3) is 0.588. The Balaban J connectivity index is 1.89. The SMILES string of the molecule is CCCCCCc1ccc(N2C(=O)C[C@@H]2CC)cc1. The minimum Gasteiger partial charge on any atom is -0.309 e. The van der Waals surface area contributed by atoms with E-state index in [1.807, 2.05) is 4.90 Å². The summed E-state index contributed by atoms with van der Waals surface area (Å²) in [5.41, 5.74) is 2.46. The maximum absolute atomic E-state index is 11.7. The van der Waals surface area contributed by atoms with Crippen molar-refractivity contribution in [2.75, 3.05) is 4.90 Å². The molecule has 1 aliphatic heterocycles. The first-order chi connectivity index (χ1) is 9.26. The van der Waals surface area contributed by atoms with Crippen LogP contribution in [0.5, 0.6) is 0 Å². The molecule has 0 N–H and O–H groups in total. The number of anilines is 1. The predicted octanol–water partition coefficient (Wildman–Crippen LogP) is 4.32. The van der Waals surface area contributed by atoms with Crippen molar-refractivity contribution in [2.24, 2.45) is 0 Å². The topological polar surface area (TPSA) is 20.3 Å². The number of benzene rings is 1. The summed E-state index contributed by atoms with van der Waals surface area (Å²) in [6.07, 6.45) is 8.13. The van der Waals surface area contributed by atoms with Crippen LogP contribution in [0.4, 0.5) is 5.69 Å². The summed E-state index contributed by atoms with van der Waals surface area (Å²) < 4.78 is 0. The molecular formula is C17H25NO. The Morgan fingerprint density at radius 2 is 1.84 bits per heavy atom. The van der Waals surface area contributed by atoms with Gasteiger partial charge in [0.25, 0.3) is 0 Å². The number of unbranched alkanes of at least 4 members (excludes halogenated alkanes) is 3. The van der Waals surface area contributed by atoms with Crippen molar-refractivity contribution in [3.05, 3.63) is 29.8 Å². The Morgan fingerprint density at radius 1 is 1.11 bits per heavy atom. The number of amides is 1. The van der Waals surface area contributed by atoms with Gasteiger partial charge in [0.15, 0.2) is 0 Å². The monoisotopic (exact) mass is 259 g/mol. The van der Waals surface area contributed by atoms with Crippen molar-refractivity contribution in [1.29, 1.82) is 0 Å². The van der Waals surface area contributed by atoms with Crippen LogP contribution in [0, 0.1) is 0 Å². The molecule has 1 aromatic rings. The highest BCUT2D eigenvalue weighted by atomic mass is 16.2. The lowest BCUT2D eigenvalue weighted by molar-refractivity contribution is -0.124. The summed E-state index contributed by atoms with van der Waals surface area (Å²) in [4.78, 5) is 13.6. The first kappa shape index (κ1) is 14.1. The minimum absolute atomic E-state index is 0.266. The number of nitrogens with zero attached hydrogens (tertiary/aromatic N) is 1. The summed E-state index contributed by atoms with van der Waals surface area (Å²) >= 11 is 0. The molecule has 0 spiro atoms. The van der Waals surface area contributed by atoms with Crippen molar-refractivity contribution in [3.63, 3.8) is 0 Å². The molecule has 0 saturated carbocycles. The first-order valence-electron chi connectivity index (χ1n) is 7.67. The molecule has 1 aliphatic rings. The maximum Gasteiger partial charge on any atom is 0.229 e. The first-order valence-corrected chi connectivity index (χ1v) is 7.67. The predicted molar refractivity (Wildman–Crippen MR) is 80.5 cm³/mol. The maximum atomic E-state index is 11.7. The third kappa shape index (κ3) is 3.37. The molecule has 2 heteroatoms. The van der Waals surface area contributed by atoms with E-state index in [0.29, 0.717) is 6.04 Å². The van der Waals surface area contributed by atoms with Gasteiger partial charge in [0.05, 0.1) is 0 Å². The molecule has 104 valence electrons. The van der Waals surface area contributed by atoms with Crippen molar-refractivity contribution in [2.45, 2.75) is 64.8 Å². The van der Waals surface area contributed by atoms with Crippen molar-refractivity contribution >= 4 is 11.6 Å². The lowest BCUT2D eigenvalue weighted by Crippen LogP contribution is -2.52. The van der Waals surface area contributed by atoms with Crippen LogP contribution in [-0.2, 0) is 11.2 Å². The van der Waals surface area contributed by atoms with E-state index in [2.05, 4.69) is 38.1 Å². The number of aryl methyl sites for hydroxylation is 1. The zero-order valence-corrected chi connectivity index (χ0v) is 12.2. The Hall–Kier alpha value is -1.31. The summed E-state index contributed by atoms with van der Waals surface area (Å²) in [6, 6.07) is 8.99. The van der Waals surface area contributed by atoms with Crippen molar-refractivity contribution < 1.29 is 4.79 Å². The number of carbonyl (C=O) groups excluding carboxylic acids is 1. The van der Waals surface area contributed by atoms with Gasteiger partial charge in [-0.1, -0.05) is 45.2 Å². The molecule has 1 heterocycles. The van der Waals surface area contributed by atoms with Gasteiger partial charge in [-0.05, 0) is 37.0 Å². The Morgan fingerprint density at radius 3 is 2.42 bits per heavy atom. The van der Waals surface area contributed by atoms with Gasteiger partial charge >= 0.3 is 0 Å². The molecule has 0 aromatic heterocycles. The molecule has 1 amide bonds. The molecule has 0 bridgehead atoms. The third-order valence-corrected chi connectivity index (χ3v) is 4.05. The van der Waals surface area contributed by atoms with Crippen LogP contribution in [0.25, 0.3) is 0 Å². The quantitative estimate of drug-likeness (QED) is 0.527. The van der Waals surface area contributed by atoms with Gasteiger partial charge in [0, 0.05) is 18.2 Å². The second kappa shape index (κ2) is 6.74. The highest BCUT2D eigenvalue weighted by Gasteiger charge is 2.35. The second-order valence-electron chi connectivity index (χ2n) is 5.51. The van der Waals surface area contributed by atoms with Crippen molar-refractivity contribution in [3.8, 4) is 0 Å². The van der Waals surface area contributed by atoms with Crippen molar-refractivity contribution in [1.82, 2.24) is 0 Å². The van der Waals surface area contributed by atoms with Crippen LogP contribution < -0.4 is 4.90 Å². The van der Waals surface area contributed by atoms with Gasteiger partial charge < -0.3 is 4.90 Å². The van der Waals surface area contributed by atoms with Gasteiger partial charge in [0.1, 0.15) is 0 Å². The van der Waals surface area contributed by atoms with Crippen LogP contribution in [0.2, 0.25) is 0 Å². The number of hydrogen-bond donors (Lipinski definition) is 0. The van der Waals surface area contributed by atoms with Gasteiger partial charge in [-0.25, -0.2) is 0 Å². The van der Waals surface area contributed by atoms with E-state index in [-0.39, 0.29) is 5.91 Å². The van der Waals surface area contributed by atoms with Crippen LogP contribution in [0.15, 0.2) is 24.3 Å². The lowest BCUT2D eigenvalue weighted by atomic mass is 9.97. The highest BCUT2D eigenvalue weighted by Crippen LogP contribution is 2.29. The Bertz CT molecular complexity index is 410. The largest absolute Gasteiger partial charge is 0.309 e. The van der Waals surface area contributed by atoms with Gasteiger partial charge in [-0.3, -0.25) is 4.79 Å². The molecule has 0 unspecified atom stereocenters. The summed E-state index contributed by atoms with van der Waals surface area (Å²) in [5.74, 6) is 0.266. The lowest BCUT2D eigenvalue weighted by Gasteiger charge is -2.40. The van der Waals surface area contributed by atoms with Crippen LogP contribution in [0.3, 0.4) is 0 Å². The smallest absolute Gasteiger partial charge is 0.229 e. The van der Waals surface area contributed by atoms with E-state index in [4.69, 9.17) is 0 Å². The molecule has 1 fully saturated rings. The molecule has 1 atom stereocenters. The third-order valence-electron chi connectivity index (χ3n) is 4.05. The van der Waals surface area contributed by atoms with Crippen LogP contribution in [-0.4, -0.2) is 11.9 Å². The van der Waals surface area contributed by atoms with E-state index in [1.165, 1.54) is 31.2 Å². The van der Waals surface area contributed by atoms with Crippen LogP contribution >= 0.6 is 0 Å². The number of carbonyl (C=O) groups is 1. The normalized spacial score (nSPS) is 18.5. The van der Waals surface area contributed by atoms with E-state index < -0.39 is 0 Å². The molecule has 2 nitrogen and oxygen atoms in total. The van der Waals surface area contributed by atoms with E-state index in [1.54, 1.807) is 0 Å². The molecule has 1 aromatic carbocycles. The van der Waals surface area contributed by atoms with E-state index in [0.717, 1.165) is 24.9 Å². The van der Waals surface area contributed by atoms with E-state index >= 15 is 0 Å². The zero-order valence-electron chi connectivity index (χ0n) is 12.2. The molecule has 1 saturated heterocycles. The summed E-state index contributed by atoms with van der Waals surface area (Å²) in [5, 5.41) is 0. The highest BCUT2D eigenvalue weighted by molar-refractivity contribution is 6.00. The number of hydrogen-bond acceptors (Lipinski definition) is 1. The Kier molecular flexibility index (Phi) is 5.00. The minimum atomic E-state index is 0.266. The number of rotatable bonds is 7. The average Bonchev–Trinajstić information content (AvgIpc) is 2.42. The second-order valence-corrected chi connectivity index (χ2v) is 5.51. The van der Waals surface area contributed by atoms with Gasteiger partial charge in [-0.15, -0.1) is 0 Å². The zero-order chi connectivity index (χ0) is 13.7. The van der Waals surface area contributed by atoms with E-state index in [9.17, 15) is 4.79 Å². The van der Waals surface area contributed by atoms with Crippen LogP contribution in [0.1, 0.15) is 57.9 Å². The summed E-state index contributed by atoms with van der Waals surface area (Å²) in [7, 11) is 0. The molecule has 2 rings (SSSR count). The summed E-state index contributed by atoms with van der Waals surface area (Å²) in [6.45, 7) is 4.38. The fourth-order valence-corrected chi connectivity index (χ4v) is 2.74. The van der Waals surface area contributed by atoms with Gasteiger partial charge in [0.2, 0.25) is 5.91 Å². The average molecular weight is 259 g/mol. The fourth-order valence-electron chi connectivity index (χ4n) is 2.74. The number of β-lactam (4-membered cyclic amide) rings is 1.